The fourth-order valence-corrected chi connectivity index (χ4v) is 8.36. The van der Waals surface area contributed by atoms with E-state index in [0.29, 0.717) is 10.7 Å². The van der Waals surface area contributed by atoms with E-state index in [9.17, 15) is 44.7 Å². The molecule has 2 aliphatic rings. The first kappa shape index (κ1) is 40.9. The number of primary amides is 1. The number of carbonyl (C=O) groups excluding carboxylic acids is 1. The highest BCUT2D eigenvalue weighted by Crippen LogP contribution is 2.68. The number of nitrogens with one attached hydrogen (secondary N) is 1. The quantitative estimate of drug-likeness (QED) is 0.0975. The maximum absolute atomic E-state index is 16.0. The fraction of sp³-hybridized carbons (Fsp3) is 0.351. The summed E-state index contributed by atoms with van der Waals surface area (Å²) in [7, 11) is -2.52. The standard InChI is InChI=1S/C37H30ClF8N7O4S/c1-52-30-21(5-6-25(38)27(30)35(50-52)51-58(2,56)57)20-4-3-19(7-8-36(55,14-39)15-40)48-28(20)23(11-16-9-17(41)12-18(42)10-16)31(34(47)54)53-32-26(29(49-53)33(43)44)22-13-24(22)37(32,45)46/h3-6,9-10,12,22-24,31,33,55H,11,13-15H2,1-2H3,(H2,47,54)(H,50,51)/t22-,23+,24+,31?/m0/s1. The van der Waals surface area contributed by atoms with Crippen LogP contribution in [0.15, 0.2) is 42.5 Å². The third kappa shape index (κ3) is 7.23. The van der Waals surface area contributed by atoms with Gasteiger partial charge in [0.25, 0.3) is 12.3 Å². The van der Waals surface area contributed by atoms with Gasteiger partial charge >= 0.3 is 0 Å². The van der Waals surface area contributed by atoms with Crippen LogP contribution in [0.1, 0.15) is 64.6 Å². The number of sulfonamides is 1. The lowest BCUT2D eigenvalue weighted by Crippen LogP contribution is -2.37. The topological polar surface area (TPSA) is 158 Å². The van der Waals surface area contributed by atoms with Gasteiger partial charge < -0.3 is 10.8 Å². The summed E-state index contributed by atoms with van der Waals surface area (Å²) in [4.78, 5) is 18.3. The molecule has 2 aromatic carbocycles. The number of rotatable bonds is 12. The number of nitrogens with two attached hydrogens (primary N) is 1. The van der Waals surface area contributed by atoms with E-state index in [0.717, 1.165) is 18.4 Å². The summed E-state index contributed by atoms with van der Waals surface area (Å²) in [5.41, 5.74) is 0.151. The molecule has 1 fully saturated rings. The van der Waals surface area contributed by atoms with E-state index < -0.39 is 106 Å². The van der Waals surface area contributed by atoms with Crippen molar-refractivity contribution in [1.29, 1.82) is 0 Å². The van der Waals surface area contributed by atoms with Gasteiger partial charge in [0, 0.05) is 41.6 Å². The number of aromatic nitrogens is 5. The predicted octanol–water partition coefficient (Wildman–Crippen LogP) is 6.36. The van der Waals surface area contributed by atoms with Gasteiger partial charge in [-0.15, -0.1) is 0 Å². The Balaban J connectivity index is 1.56. The first-order valence-corrected chi connectivity index (χ1v) is 19.5. The van der Waals surface area contributed by atoms with Crippen LogP contribution in [-0.4, -0.2) is 69.2 Å². The maximum atomic E-state index is 16.0. The Morgan fingerprint density at radius 1 is 1.09 bits per heavy atom. The van der Waals surface area contributed by atoms with E-state index in [1.807, 2.05) is 5.92 Å². The summed E-state index contributed by atoms with van der Waals surface area (Å²) < 4.78 is 146. The normalized spacial score (nSPS) is 18.1. The zero-order valence-electron chi connectivity index (χ0n) is 30.1. The molecule has 2 aliphatic carbocycles. The second-order valence-electron chi connectivity index (χ2n) is 14.2. The number of anilines is 1. The third-order valence-electron chi connectivity index (χ3n) is 10.1. The van der Waals surface area contributed by atoms with Gasteiger partial charge in [-0.05, 0) is 60.6 Å². The molecule has 58 heavy (non-hydrogen) atoms. The van der Waals surface area contributed by atoms with E-state index in [-0.39, 0.29) is 56.2 Å². The Morgan fingerprint density at radius 2 is 1.74 bits per heavy atom. The average molecular weight is 856 g/mol. The molecule has 1 unspecified atom stereocenters. The minimum Gasteiger partial charge on any atom is -0.373 e. The van der Waals surface area contributed by atoms with Crippen molar-refractivity contribution in [2.75, 3.05) is 24.3 Å². The Morgan fingerprint density at radius 3 is 2.34 bits per heavy atom. The van der Waals surface area contributed by atoms with Crippen LogP contribution in [0.3, 0.4) is 0 Å². The van der Waals surface area contributed by atoms with Crippen LogP contribution < -0.4 is 10.5 Å². The molecule has 0 radical (unpaired) electrons. The van der Waals surface area contributed by atoms with Gasteiger partial charge in [0.05, 0.1) is 27.9 Å². The van der Waals surface area contributed by atoms with Gasteiger partial charge in [0.1, 0.15) is 48.1 Å². The number of nitrogens with zero attached hydrogens (tertiary/aromatic N) is 5. The van der Waals surface area contributed by atoms with Gasteiger partial charge in [-0.2, -0.15) is 19.0 Å². The summed E-state index contributed by atoms with van der Waals surface area (Å²) in [5.74, 6) is -7.27. The van der Waals surface area contributed by atoms with Gasteiger partial charge in [0.15, 0.2) is 11.4 Å². The van der Waals surface area contributed by atoms with Crippen LogP contribution in [0, 0.1) is 29.4 Å². The lowest BCUT2D eigenvalue weighted by Gasteiger charge is -2.29. The monoisotopic (exact) mass is 855 g/mol. The molecule has 0 aliphatic heterocycles. The molecule has 0 saturated heterocycles. The Labute approximate surface area is 329 Å². The molecule has 4 N–H and O–H groups in total. The number of hydrogen-bond donors (Lipinski definition) is 3. The van der Waals surface area contributed by atoms with Crippen LogP contribution in [0.4, 0.5) is 40.9 Å². The summed E-state index contributed by atoms with van der Waals surface area (Å²) in [6.45, 7) is -3.28. The molecular weight excluding hydrogens is 826 g/mol. The Hall–Kier alpha value is -5.26. The Bertz CT molecular complexity index is 2660. The lowest BCUT2D eigenvalue weighted by atomic mass is 9.84. The van der Waals surface area contributed by atoms with Gasteiger partial charge in [-0.1, -0.05) is 23.6 Å². The molecule has 7 rings (SSSR count). The molecule has 0 bridgehead atoms. The largest absolute Gasteiger partial charge is 0.373 e. The number of hydrogen-bond acceptors (Lipinski definition) is 7. The summed E-state index contributed by atoms with van der Waals surface area (Å²) >= 11 is 6.55. The molecule has 11 nitrogen and oxygen atoms in total. The van der Waals surface area contributed by atoms with Crippen molar-refractivity contribution in [3.8, 4) is 23.0 Å². The minimum atomic E-state index is -3.94. The second-order valence-corrected chi connectivity index (χ2v) is 16.4. The van der Waals surface area contributed by atoms with Crippen LogP contribution in [0.25, 0.3) is 22.0 Å². The molecule has 306 valence electrons. The molecule has 5 aromatic rings. The molecular formula is C37H30ClF8N7O4S. The van der Waals surface area contributed by atoms with Crippen molar-refractivity contribution >= 4 is 44.3 Å². The van der Waals surface area contributed by atoms with Crippen molar-refractivity contribution in [1.82, 2.24) is 24.5 Å². The number of fused-ring (bicyclic) bond motifs is 4. The lowest BCUT2D eigenvalue weighted by molar-refractivity contribution is -0.122. The first-order valence-electron chi connectivity index (χ1n) is 17.2. The summed E-state index contributed by atoms with van der Waals surface area (Å²) in [5, 5.41) is 18.4. The molecule has 21 heteroatoms. The number of pyridine rings is 1. The number of aryl methyl sites for hydroxylation is 1. The van der Waals surface area contributed by atoms with E-state index in [2.05, 4.69) is 25.8 Å². The van der Waals surface area contributed by atoms with E-state index in [1.165, 1.54) is 36.0 Å². The molecule has 3 aromatic heterocycles. The Kier molecular flexibility index (Phi) is 10.3. The molecule has 0 spiro atoms. The number of carbonyl (C=O) groups is 1. The SMILES string of the molecule is Cn1nc(NS(C)(=O)=O)c2c(Cl)ccc(-c3ccc(C#CC(O)(CF)CF)nc3[C@@H](Cc3cc(F)cc(F)c3)C(C(N)=O)n3nc(C(F)F)c4c3C(F)(F)[C@@H]3C[C@H]43)c21. The second kappa shape index (κ2) is 14.5. The van der Waals surface area contributed by atoms with Crippen LogP contribution >= 0.6 is 11.6 Å². The van der Waals surface area contributed by atoms with E-state index in [1.54, 1.807) is 0 Å². The summed E-state index contributed by atoms with van der Waals surface area (Å²) in [6, 6.07) is 5.44. The highest BCUT2D eigenvalue weighted by Gasteiger charge is 2.67. The fourth-order valence-electron chi connectivity index (χ4n) is 7.63. The number of benzene rings is 2. The number of alkyl halides is 6. The number of halogens is 9. The molecule has 1 amide bonds. The smallest absolute Gasteiger partial charge is 0.293 e. The minimum absolute atomic E-state index is 0.000883. The zero-order chi connectivity index (χ0) is 42.2. The average Bonchev–Trinajstić information content (AvgIpc) is 3.67. The van der Waals surface area contributed by atoms with Crippen molar-refractivity contribution in [2.45, 2.75) is 48.7 Å². The van der Waals surface area contributed by atoms with Crippen LogP contribution in [0.5, 0.6) is 0 Å². The maximum Gasteiger partial charge on any atom is 0.293 e. The number of amides is 1. The van der Waals surface area contributed by atoms with Gasteiger partial charge in [-0.25, -0.2) is 44.4 Å². The van der Waals surface area contributed by atoms with Crippen LogP contribution in [0.2, 0.25) is 5.02 Å². The predicted molar refractivity (Wildman–Crippen MR) is 194 cm³/mol. The van der Waals surface area contributed by atoms with Gasteiger partial charge in [0.2, 0.25) is 15.9 Å². The van der Waals surface area contributed by atoms with Crippen molar-refractivity contribution in [2.24, 2.45) is 18.7 Å². The molecule has 3 heterocycles. The first-order chi connectivity index (χ1) is 27.2. The van der Waals surface area contributed by atoms with Crippen LogP contribution in [-0.2, 0) is 34.2 Å². The molecule has 4 atom stereocenters. The highest BCUT2D eigenvalue weighted by molar-refractivity contribution is 7.92. The summed E-state index contributed by atoms with van der Waals surface area (Å²) in [6.07, 6.45) is -3.28. The third-order valence-corrected chi connectivity index (χ3v) is 11.0. The highest BCUT2D eigenvalue weighted by atomic mass is 35.5. The van der Waals surface area contributed by atoms with Crippen molar-refractivity contribution in [3.63, 3.8) is 0 Å². The van der Waals surface area contributed by atoms with E-state index in [4.69, 9.17) is 17.3 Å². The van der Waals surface area contributed by atoms with E-state index >= 15 is 8.78 Å². The van der Waals surface area contributed by atoms with Crippen molar-refractivity contribution < 1.29 is 53.4 Å². The van der Waals surface area contributed by atoms with Gasteiger partial charge in [-0.3, -0.25) is 14.2 Å². The number of aliphatic hydroxyl groups is 1. The van der Waals surface area contributed by atoms with Crippen molar-refractivity contribution in [3.05, 3.63) is 93.0 Å². The zero-order valence-corrected chi connectivity index (χ0v) is 31.6. The molecule has 1 saturated carbocycles.